The minimum Gasteiger partial charge on any atom is -0.491 e. The van der Waals surface area contributed by atoms with Crippen molar-refractivity contribution in [1.29, 1.82) is 0 Å². The number of rotatable bonds is 4. The average Bonchev–Trinajstić information content (AvgIpc) is 3.11. The summed E-state index contributed by atoms with van der Waals surface area (Å²) in [5, 5.41) is 0. The lowest BCUT2D eigenvalue weighted by Gasteiger charge is -2.34. The summed E-state index contributed by atoms with van der Waals surface area (Å²) in [5.41, 5.74) is 3.98. The standard InChI is InChI=1S/C29H30FN3O3/c1-21(34)32-14-12-31(13-15-32)19-22-6-11-28-25(18-22)20-33(16-17-36-28)29(35)24-9-7-23(8-10-24)26-4-2-3-5-27(26)30/h2-11,18H,12-17,19-20H2,1H3. The monoisotopic (exact) mass is 487 g/mol. The molecule has 0 bridgehead atoms. The van der Waals surface area contributed by atoms with Gasteiger partial charge in [0.2, 0.25) is 5.91 Å². The summed E-state index contributed by atoms with van der Waals surface area (Å²) in [4.78, 5) is 30.9. The minimum absolute atomic E-state index is 0.0720. The van der Waals surface area contributed by atoms with Gasteiger partial charge in [0.05, 0.1) is 6.54 Å². The van der Waals surface area contributed by atoms with Gasteiger partial charge >= 0.3 is 0 Å². The van der Waals surface area contributed by atoms with Crippen LogP contribution in [0.25, 0.3) is 11.1 Å². The Bertz CT molecular complexity index is 1250. The summed E-state index contributed by atoms with van der Waals surface area (Å²) in [6.07, 6.45) is 0. The van der Waals surface area contributed by atoms with Crippen molar-refractivity contribution in [2.75, 3.05) is 39.3 Å². The Labute approximate surface area is 210 Å². The summed E-state index contributed by atoms with van der Waals surface area (Å²) in [6, 6.07) is 19.9. The number of fused-ring (bicyclic) bond motifs is 1. The van der Waals surface area contributed by atoms with E-state index in [9.17, 15) is 14.0 Å². The summed E-state index contributed by atoms with van der Waals surface area (Å²) in [7, 11) is 0. The van der Waals surface area contributed by atoms with Gasteiger partial charge in [-0.05, 0) is 41.5 Å². The van der Waals surface area contributed by atoms with Crippen LogP contribution in [0, 0.1) is 5.82 Å². The highest BCUT2D eigenvalue weighted by Crippen LogP contribution is 2.27. The predicted octanol–water partition coefficient (Wildman–Crippen LogP) is 4.19. The molecule has 7 heteroatoms. The molecule has 186 valence electrons. The molecule has 2 aliphatic rings. The number of benzene rings is 3. The van der Waals surface area contributed by atoms with Crippen molar-refractivity contribution in [1.82, 2.24) is 14.7 Å². The number of amides is 2. The lowest BCUT2D eigenvalue weighted by Crippen LogP contribution is -2.47. The lowest BCUT2D eigenvalue weighted by atomic mass is 10.0. The molecule has 6 nitrogen and oxygen atoms in total. The van der Waals surface area contributed by atoms with Crippen LogP contribution in [0.15, 0.2) is 66.7 Å². The Morgan fingerprint density at radius 2 is 1.64 bits per heavy atom. The molecule has 0 unspecified atom stereocenters. The maximum atomic E-state index is 14.1. The van der Waals surface area contributed by atoms with Gasteiger partial charge in [-0.15, -0.1) is 0 Å². The fraction of sp³-hybridized carbons (Fsp3) is 0.310. The van der Waals surface area contributed by atoms with Crippen molar-refractivity contribution < 1.29 is 18.7 Å². The number of piperazine rings is 1. The second kappa shape index (κ2) is 10.5. The zero-order valence-corrected chi connectivity index (χ0v) is 20.5. The highest BCUT2D eigenvalue weighted by molar-refractivity contribution is 5.94. The van der Waals surface area contributed by atoms with Crippen molar-refractivity contribution in [2.24, 2.45) is 0 Å². The zero-order chi connectivity index (χ0) is 25.1. The van der Waals surface area contributed by atoms with Gasteiger partial charge in [0, 0.05) is 62.9 Å². The quantitative estimate of drug-likeness (QED) is 0.554. The number of ether oxygens (including phenoxy) is 1. The van der Waals surface area contributed by atoms with E-state index >= 15 is 0 Å². The second-order valence-electron chi connectivity index (χ2n) is 9.36. The first-order valence-corrected chi connectivity index (χ1v) is 12.3. The fourth-order valence-electron chi connectivity index (χ4n) is 4.87. The Balaban J connectivity index is 1.27. The van der Waals surface area contributed by atoms with Crippen LogP contribution in [0.2, 0.25) is 0 Å². The molecular weight excluding hydrogens is 457 g/mol. The Morgan fingerprint density at radius 1 is 0.889 bits per heavy atom. The molecule has 0 saturated carbocycles. The van der Waals surface area contributed by atoms with Gasteiger partial charge in [-0.3, -0.25) is 14.5 Å². The largest absolute Gasteiger partial charge is 0.491 e. The molecule has 2 amide bonds. The Hall–Kier alpha value is -3.71. The van der Waals surface area contributed by atoms with E-state index in [-0.39, 0.29) is 17.6 Å². The highest BCUT2D eigenvalue weighted by atomic mass is 19.1. The average molecular weight is 488 g/mol. The molecule has 2 heterocycles. The van der Waals surface area contributed by atoms with E-state index in [0.29, 0.717) is 30.8 Å². The molecule has 3 aromatic rings. The number of hydrogen-bond donors (Lipinski definition) is 0. The molecule has 2 aliphatic heterocycles. The number of hydrogen-bond acceptors (Lipinski definition) is 4. The van der Waals surface area contributed by atoms with Gasteiger partial charge in [-0.25, -0.2) is 4.39 Å². The van der Waals surface area contributed by atoms with E-state index in [1.807, 2.05) is 11.0 Å². The highest BCUT2D eigenvalue weighted by Gasteiger charge is 2.23. The van der Waals surface area contributed by atoms with E-state index in [2.05, 4.69) is 17.0 Å². The molecular formula is C29H30FN3O3. The molecule has 1 fully saturated rings. The molecule has 1 saturated heterocycles. The third-order valence-electron chi connectivity index (χ3n) is 6.93. The van der Waals surface area contributed by atoms with Crippen LogP contribution in [0.4, 0.5) is 4.39 Å². The van der Waals surface area contributed by atoms with E-state index in [1.54, 1.807) is 54.3 Å². The molecule has 5 rings (SSSR count). The van der Waals surface area contributed by atoms with Gasteiger partial charge < -0.3 is 14.5 Å². The van der Waals surface area contributed by atoms with Crippen molar-refractivity contribution >= 4 is 11.8 Å². The number of carbonyl (C=O) groups is 2. The molecule has 3 aromatic carbocycles. The predicted molar refractivity (Wildman–Crippen MR) is 136 cm³/mol. The van der Waals surface area contributed by atoms with Crippen molar-refractivity contribution in [3.8, 4) is 16.9 Å². The molecule has 0 radical (unpaired) electrons. The third kappa shape index (κ3) is 5.26. The first-order chi connectivity index (χ1) is 17.5. The summed E-state index contributed by atoms with van der Waals surface area (Å²) in [5.74, 6) is 0.584. The third-order valence-corrected chi connectivity index (χ3v) is 6.93. The SMILES string of the molecule is CC(=O)N1CCN(Cc2ccc3c(c2)CN(C(=O)c2ccc(-c4ccccc4F)cc2)CCO3)CC1. The van der Waals surface area contributed by atoms with Gasteiger partial charge in [0.25, 0.3) is 5.91 Å². The van der Waals surface area contributed by atoms with Crippen LogP contribution < -0.4 is 4.74 Å². The van der Waals surface area contributed by atoms with Crippen LogP contribution in [0.5, 0.6) is 5.75 Å². The van der Waals surface area contributed by atoms with Crippen LogP contribution in [-0.2, 0) is 17.9 Å². The fourth-order valence-corrected chi connectivity index (χ4v) is 4.87. The summed E-state index contributed by atoms with van der Waals surface area (Å²) in [6.45, 7) is 7.00. The van der Waals surface area contributed by atoms with Crippen LogP contribution in [-0.4, -0.2) is 65.8 Å². The molecule has 36 heavy (non-hydrogen) atoms. The van der Waals surface area contributed by atoms with E-state index in [0.717, 1.165) is 55.2 Å². The van der Waals surface area contributed by atoms with Gasteiger partial charge in [0.1, 0.15) is 18.2 Å². The molecule has 0 spiro atoms. The van der Waals surface area contributed by atoms with Crippen LogP contribution in [0.3, 0.4) is 0 Å². The van der Waals surface area contributed by atoms with Crippen molar-refractivity contribution in [3.63, 3.8) is 0 Å². The second-order valence-corrected chi connectivity index (χ2v) is 9.36. The zero-order valence-electron chi connectivity index (χ0n) is 20.5. The van der Waals surface area contributed by atoms with Gasteiger partial charge in [-0.1, -0.05) is 36.4 Å². The maximum absolute atomic E-state index is 14.1. The first-order valence-electron chi connectivity index (χ1n) is 12.3. The molecule has 0 atom stereocenters. The molecule has 0 aliphatic carbocycles. The lowest BCUT2D eigenvalue weighted by molar-refractivity contribution is -0.130. The van der Waals surface area contributed by atoms with Crippen molar-refractivity contribution in [3.05, 3.63) is 89.2 Å². The van der Waals surface area contributed by atoms with Gasteiger partial charge in [-0.2, -0.15) is 0 Å². The molecule has 0 aromatic heterocycles. The number of nitrogens with zero attached hydrogens (tertiary/aromatic N) is 3. The number of halogens is 1. The van der Waals surface area contributed by atoms with Crippen LogP contribution in [0.1, 0.15) is 28.4 Å². The smallest absolute Gasteiger partial charge is 0.254 e. The van der Waals surface area contributed by atoms with Crippen molar-refractivity contribution in [2.45, 2.75) is 20.0 Å². The Kier molecular flexibility index (Phi) is 7.00. The van der Waals surface area contributed by atoms with Gasteiger partial charge in [0.15, 0.2) is 0 Å². The van der Waals surface area contributed by atoms with Crippen LogP contribution >= 0.6 is 0 Å². The number of carbonyl (C=O) groups excluding carboxylic acids is 2. The van der Waals surface area contributed by atoms with E-state index in [1.165, 1.54) is 6.07 Å². The maximum Gasteiger partial charge on any atom is 0.254 e. The minimum atomic E-state index is -0.283. The van der Waals surface area contributed by atoms with E-state index < -0.39 is 0 Å². The molecule has 0 N–H and O–H groups in total. The van der Waals surface area contributed by atoms with E-state index in [4.69, 9.17) is 4.74 Å². The first kappa shape index (κ1) is 24.0. The summed E-state index contributed by atoms with van der Waals surface area (Å²) >= 11 is 0. The topological polar surface area (TPSA) is 53.1 Å². The Morgan fingerprint density at radius 3 is 2.36 bits per heavy atom. The summed E-state index contributed by atoms with van der Waals surface area (Å²) < 4.78 is 20.1. The normalized spacial score (nSPS) is 16.2.